The van der Waals surface area contributed by atoms with Gasteiger partial charge in [0, 0.05) is 10.8 Å². The van der Waals surface area contributed by atoms with E-state index in [1.807, 2.05) is 0 Å². The smallest absolute Gasteiger partial charge is 0.146 e. The molecule has 0 fully saturated rings. The van der Waals surface area contributed by atoms with Crippen LogP contribution in [0.3, 0.4) is 0 Å². The molecule has 0 N–H and O–H groups in total. The molecule has 0 unspecified atom stereocenters. The Morgan fingerprint density at radius 1 is 0.432 bits per heavy atom. The van der Waals surface area contributed by atoms with Gasteiger partial charge in [-0.05, 0) is 69.3 Å². The summed E-state index contributed by atoms with van der Waals surface area (Å²) in [6.45, 7) is 0. The van der Waals surface area contributed by atoms with Crippen LogP contribution in [0.5, 0.6) is 0 Å². The van der Waals surface area contributed by atoms with Crippen molar-refractivity contribution in [1.82, 2.24) is 9.38 Å². The van der Waals surface area contributed by atoms with Gasteiger partial charge in [-0.25, -0.2) is 4.98 Å². The van der Waals surface area contributed by atoms with Crippen LogP contribution in [0.15, 0.2) is 164 Å². The van der Waals surface area contributed by atoms with Crippen LogP contribution >= 0.6 is 7.92 Å². The minimum absolute atomic E-state index is 0.725. The van der Waals surface area contributed by atoms with Gasteiger partial charge in [0.25, 0.3) is 0 Å². The second-order valence-electron chi connectivity index (χ2n) is 11.2. The van der Waals surface area contributed by atoms with E-state index in [0.29, 0.717) is 0 Å². The summed E-state index contributed by atoms with van der Waals surface area (Å²) in [5.74, 6) is 0. The average molecular weight is 579 g/mol. The normalized spacial score (nSPS) is 11.8. The highest BCUT2D eigenvalue weighted by atomic mass is 31.1. The Kier molecular flexibility index (Phi) is 5.82. The van der Waals surface area contributed by atoms with Gasteiger partial charge in [0.1, 0.15) is 5.65 Å². The van der Waals surface area contributed by atoms with Crippen molar-refractivity contribution in [3.63, 3.8) is 0 Å². The van der Waals surface area contributed by atoms with E-state index < -0.39 is 7.92 Å². The van der Waals surface area contributed by atoms with Gasteiger partial charge in [-0.15, -0.1) is 0 Å². The third kappa shape index (κ3) is 3.89. The predicted molar refractivity (Wildman–Crippen MR) is 189 cm³/mol. The van der Waals surface area contributed by atoms with E-state index >= 15 is 0 Å². The van der Waals surface area contributed by atoms with E-state index in [4.69, 9.17) is 4.98 Å². The van der Waals surface area contributed by atoms with Crippen LogP contribution in [-0.4, -0.2) is 9.38 Å². The maximum Gasteiger partial charge on any atom is 0.146 e. The molecule has 3 heteroatoms. The monoisotopic (exact) mass is 578 g/mol. The highest BCUT2D eigenvalue weighted by Gasteiger charge is 2.20. The van der Waals surface area contributed by atoms with E-state index in [9.17, 15) is 0 Å². The Balaban J connectivity index is 1.31. The molecule has 2 nitrogen and oxygen atoms in total. The molecule has 0 bridgehead atoms. The summed E-state index contributed by atoms with van der Waals surface area (Å²) in [6, 6.07) is 59.6. The Hall–Kier alpha value is -5.30. The Labute approximate surface area is 256 Å². The molecule has 0 aliphatic heterocycles. The molecule has 0 saturated heterocycles. The molecule has 44 heavy (non-hydrogen) atoms. The van der Waals surface area contributed by atoms with Gasteiger partial charge < -0.3 is 0 Å². The van der Waals surface area contributed by atoms with Gasteiger partial charge in [0.05, 0.1) is 16.6 Å². The zero-order valence-electron chi connectivity index (χ0n) is 23.9. The number of nitrogens with zero attached hydrogens (tertiary/aromatic N) is 2. The molecular formula is C41H27N2P. The number of rotatable bonds is 4. The minimum atomic E-state index is -0.725. The summed E-state index contributed by atoms with van der Waals surface area (Å²) >= 11 is 0. The third-order valence-corrected chi connectivity index (χ3v) is 11.2. The summed E-state index contributed by atoms with van der Waals surface area (Å²) in [4.78, 5) is 5.10. The van der Waals surface area contributed by atoms with Crippen molar-refractivity contribution in [3.05, 3.63) is 164 Å². The van der Waals surface area contributed by atoms with Crippen molar-refractivity contribution >= 4 is 73.0 Å². The van der Waals surface area contributed by atoms with Crippen molar-refractivity contribution in [2.45, 2.75) is 0 Å². The largest absolute Gasteiger partial charge is 0.292 e. The maximum atomic E-state index is 5.10. The van der Waals surface area contributed by atoms with E-state index in [-0.39, 0.29) is 0 Å². The summed E-state index contributed by atoms with van der Waals surface area (Å²) in [6.07, 6.45) is 0. The summed E-state index contributed by atoms with van der Waals surface area (Å²) < 4.78 is 2.34. The van der Waals surface area contributed by atoms with E-state index in [1.54, 1.807) is 0 Å². The lowest BCUT2D eigenvalue weighted by atomic mass is 9.96. The highest BCUT2D eigenvalue weighted by Crippen LogP contribution is 2.39. The Morgan fingerprint density at radius 2 is 1.07 bits per heavy atom. The first-order chi connectivity index (χ1) is 21.8. The number of pyridine rings is 1. The first-order valence-electron chi connectivity index (χ1n) is 15.0. The zero-order chi connectivity index (χ0) is 29.0. The van der Waals surface area contributed by atoms with Crippen molar-refractivity contribution < 1.29 is 0 Å². The fraction of sp³-hybridized carbons (Fsp3) is 0. The predicted octanol–water partition coefficient (Wildman–Crippen LogP) is 9.37. The minimum Gasteiger partial charge on any atom is -0.292 e. The van der Waals surface area contributed by atoms with E-state index in [1.165, 1.54) is 59.5 Å². The van der Waals surface area contributed by atoms with Crippen molar-refractivity contribution in [1.29, 1.82) is 0 Å². The number of aromatic nitrogens is 2. The van der Waals surface area contributed by atoms with E-state index in [2.05, 4.69) is 168 Å². The fourth-order valence-electron chi connectivity index (χ4n) is 6.80. The second-order valence-corrected chi connectivity index (χ2v) is 13.4. The SMILES string of the molecule is c1ccc(P(c2ccccc2)c2cccc3c(-c4ccc5c6ccccc6c6nc7ccccc7n6c5c4)cccc23)cc1. The first-order valence-corrected chi connectivity index (χ1v) is 16.3. The van der Waals surface area contributed by atoms with Crippen LogP contribution in [0.2, 0.25) is 0 Å². The molecule has 0 spiro atoms. The molecule has 0 aliphatic rings. The number of para-hydroxylation sites is 2. The molecule has 2 heterocycles. The molecule has 0 saturated carbocycles. The summed E-state index contributed by atoms with van der Waals surface area (Å²) in [5.41, 5.74) is 6.77. The first kappa shape index (κ1) is 25.2. The third-order valence-electron chi connectivity index (χ3n) is 8.74. The van der Waals surface area contributed by atoms with Crippen LogP contribution in [-0.2, 0) is 0 Å². The molecule has 0 atom stereocenters. The number of benzene rings is 7. The van der Waals surface area contributed by atoms with Gasteiger partial charge >= 0.3 is 0 Å². The maximum absolute atomic E-state index is 5.10. The lowest BCUT2D eigenvalue weighted by Crippen LogP contribution is -2.21. The summed E-state index contributed by atoms with van der Waals surface area (Å²) in [5, 5.41) is 10.3. The van der Waals surface area contributed by atoms with E-state index in [0.717, 1.165) is 16.7 Å². The summed E-state index contributed by atoms with van der Waals surface area (Å²) in [7, 11) is -0.725. The second kappa shape index (κ2) is 10.2. The fourth-order valence-corrected chi connectivity index (χ4v) is 9.26. The molecule has 9 aromatic rings. The van der Waals surface area contributed by atoms with Crippen LogP contribution in [0.25, 0.3) is 60.3 Å². The molecule has 2 aromatic heterocycles. The molecule has 0 amide bonds. The van der Waals surface area contributed by atoms with Gasteiger partial charge in [0.15, 0.2) is 0 Å². The molecule has 0 radical (unpaired) electrons. The topological polar surface area (TPSA) is 17.3 Å². The molecule has 7 aromatic carbocycles. The van der Waals surface area contributed by atoms with Crippen LogP contribution in [0.4, 0.5) is 0 Å². The molecule has 0 aliphatic carbocycles. The molecule has 9 rings (SSSR count). The number of fused-ring (bicyclic) bond motifs is 9. The molecule has 206 valence electrons. The number of hydrogen-bond acceptors (Lipinski definition) is 1. The Morgan fingerprint density at radius 3 is 1.86 bits per heavy atom. The van der Waals surface area contributed by atoms with Gasteiger partial charge in [-0.3, -0.25) is 4.40 Å². The van der Waals surface area contributed by atoms with Gasteiger partial charge in [-0.2, -0.15) is 0 Å². The highest BCUT2D eigenvalue weighted by molar-refractivity contribution is 7.80. The van der Waals surface area contributed by atoms with Crippen LogP contribution in [0.1, 0.15) is 0 Å². The molecular weight excluding hydrogens is 551 g/mol. The average Bonchev–Trinajstić information content (AvgIpc) is 3.49. The van der Waals surface area contributed by atoms with Crippen LogP contribution in [0, 0.1) is 0 Å². The van der Waals surface area contributed by atoms with Crippen molar-refractivity contribution in [2.75, 3.05) is 0 Å². The van der Waals surface area contributed by atoms with Crippen molar-refractivity contribution in [2.24, 2.45) is 0 Å². The Bertz CT molecular complexity index is 2460. The number of hydrogen-bond donors (Lipinski definition) is 0. The van der Waals surface area contributed by atoms with Gasteiger partial charge in [-0.1, -0.05) is 146 Å². The zero-order valence-corrected chi connectivity index (χ0v) is 24.8. The number of imidazole rings is 1. The lowest BCUT2D eigenvalue weighted by Gasteiger charge is -2.22. The lowest BCUT2D eigenvalue weighted by molar-refractivity contribution is 1.31. The standard InChI is InChI=1S/C41H27N2P/c1-3-13-29(14-4-1)44(30-15-5-2-6-16-30)40-24-12-20-32-31(19-11-21-35(32)40)28-25-26-34-33-17-7-8-18-36(33)41-42-37-22-9-10-23-38(37)43(41)39(34)27-28/h1-27H. The van der Waals surface area contributed by atoms with Gasteiger partial charge in [0.2, 0.25) is 0 Å². The quantitative estimate of drug-likeness (QED) is 0.150. The van der Waals surface area contributed by atoms with Crippen molar-refractivity contribution in [3.8, 4) is 11.1 Å². The van der Waals surface area contributed by atoms with Crippen LogP contribution < -0.4 is 15.9 Å².